The Morgan fingerprint density at radius 3 is 2.20 bits per heavy atom. The Morgan fingerprint density at radius 1 is 1.10 bits per heavy atom. The first-order valence-corrected chi connectivity index (χ1v) is 4.22. The van der Waals surface area contributed by atoms with Gasteiger partial charge in [-0.2, -0.15) is 25.3 Å². The third-order valence-electron chi connectivity index (χ3n) is 1.26. The van der Waals surface area contributed by atoms with Crippen LogP contribution in [0.3, 0.4) is 0 Å². The van der Waals surface area contributed by atoms with E-state index in [4.69, 9.17) is 0 Å². The number of hydrogen-bond donors (Lipinski definition) is 2. The van der Waals surface area contributed by atoms with Gasteiger partial charge >= 0.3 is 0 Å². The van der Waals surface area contributed by atoms with E-state index in [1.807, 2.05) is 18.2 Å². The summed E-state index contributed by atoms with van der Waals surface area (Å²) < 4.78 is 0.155. The molecule has 0 N–H and O–H groups in total. The van der Waals surface area contributed by atoms with Crippen molar-refractivity contribution in [3.8, 4) is 0 Å². The average Bonchev–Trinajstić information content (AvgIpc) is 1.88. The molecule has 0 aromatic heterocycles. The Balaban J connectivity index is 2.59. The molecular formula is C8H10S2. The van der Waals surface area contributed by atoms with Crippen LogP contribution < -0.4 is 0 Å². The second-order valence-electron chi connectivity index (χ2n) is 2.17. The Labute approximate surface area is 72.5 Å². The molecule has 0 saturated heterocycles. The minimum absolute atomic E-state index is 0.155. The van der Waals surface area contributed by atoms with Crippen LogP contribution in [0.2, 0.25) is 0 Å². The minimum atomic E-state index is 0.155. The van der Waals surface area contributed by atoms with Crippen molar-refractivity contribution in [2.24, 2.45) is 0 Å². The first kappa shape index (κ1) is 8.02. The van der Waals surface area contributed by atoms with Gasteiger partial charge < -0.3 is 0 Å². The van der Waals surface area contributed by atoms with Crippen LogP contribution in [0.15, 0.2) is 30.3 Å². The van der Waals surface area contributed by atoms with Gasteiger partial charge in [-0.3, -0.25) is 0 Å². The van der Waals surface area contributed by atoms with Crippen LogP contribution in [-0.4, -0.2) is 4.58 Å². The number of thiol groups is 2. The van der Waals surface area contributed by atoms with E-state index in [1.165, 1.54) is 5.56 Å². The van der Waals surface area contributed by atoms with E-state index in [0.717, 1.165) is 6.42 Å². The van der Waals surface area contributed by atoms with Crippen molar-refractivity contribution in [1.29, 1.82) is 0 Å². The van der Waals surface area contributed by atoms with E-state index in [0.29, 0.717) is 0 Å². The van der Waals surface area contributed by atoms with E-state index >= 15 is 0 Å². The highest BCUT2D eigenvalue weighted by Crippen LogP contribution is 2.09. The predicted molar refractivity (Wildman–Crippen MR) is 51.9 cm³/mol. The first-order chi connectivity index (χ1) is 4.79. The molecule has 0 radical (unpaired) electrons. The van der Waals surface area contributed by atoms with Crippen molar-refractivity contribution in [3.05, 3.63) is 35.9 Å². The van der Waals surface area contributed by atoms with Crippen LogP contribution in [-0.2, 0) is 6.42 Å². The summed E-state index contributed by atoms with van der Waals surface area (Å²) in [6.07, 6.45) is 0.924. The standard InChI is InChI=1S/C8H10S2/c9-8(10)6-7-4-2-1-3-5-7/h1-5,8-10H,6H2. The van der Waals surface area contributed by atoms with Gasteiger partial charge in [0.05, 0.1) is 0 Å². The van der Waals surface area contributed by atoms with Gasteiger partial charge in [-0.05, 0) is 12.0 Å². The molecule has 0 unspecified atom stereocenters. The zero-order chi connectivity index (χ0) is 7.40. The highest BCUT2D eigenvalue weighted by molar-refractivity contribution is 7.99. The molecule has 0 nitrogen and oxygen atoms in total. The molecule has 0 aliphatic carbocycles. The maximum Gasteiger partial charge on any atom is 0.0482 e. The van der Waals surface area contributed by atoms with Gasteiger partial charge in [0.25, 0.3) is 0 Å². The van der Waals surface area contributed by atoms with Crippen LogP contribution in [0.1, 0.15) is 5.56 Å². The Morgan fingerprint density at radius 2 is 1.70 bits per heavy atom. The highest BCUT2D eigenvalue weighted by Gasteiger charge is 1.95. The quantitative estimate of drug-likeness (QED) is 0.494. The minimum Gasteiger partial charge on any atom is -0.165 e. The second kappa shape index (κ2) is 3.94. The van der Waals surface area contributed by atoms with Crippen LogP contribution in [0.25, 0.3) is 0 Å². The molecule has 0 atom stereocenters. The SMILES string of the molecule is SC(S)Cc1ccccc1. The van der Waals surface area contributed by atoms with Gasteiger partial charge in [-0.1, -0.05) is 30.3 Å². The third-order valence-corrected chi connectivity index (χ3v) is 1.63. The molecular weight excluding hydrogens is 160 g/mol. The smallest absolute Gasteiger partial charge is 0.0482 e. The molecule has 0 saturated carbocycles. The average molecular weight is 170 g/mol. The molecule has 54 valence electrons. The van der Waals surface area contributed by atoms with Gasteiger partial charge in [-0.25, -0.2) is 0 Å². The fraction of sp³-hybridized carbons (Fsp3) is 0.250. The van der Waals surface area contributed by atoms with Crippen molar-refractivity contribution in [2.75, 3.05) is 0 Å². The van der Waals surface area contributed by atoms with Gasteiger partial charge in [0.15, 0.2) is 0 Å². The van der Waals surface area contributed by atoms with Gasteiger partial charge in [0.1, 0.15) is 0 Å². The molecule has 0 heterocycles. The summed E-state index contributed by atoms with van der Waals surface area (Å²) in [4.78, 5) is 0. The summed E-state index contributed by atoms with van der Waals surface area (Å²) in [6, 6.07) is 10.2. The predicted octanol–water partition coefficient (Wildman–Crippen LogP) is 2.41. The zero-order valence-electron chi connectivity index (χ0n) is 5.57. The summed E-state index contributed by atoms with van der Waals surface area (Å²) in [5.41, 5.74) is 1.29. The molecule has 2 heteroatoms. The van der Waals surface area contributed by atoms with Crippen LogP contribution in [0.5, 0.6) is 0 Å². The van der Waals surface area contributed by atoms with Crippen molar-refractivity contribution in [3.63, 3.8) is 0 Å². The molecule has 10 heavy (non-hydrogen) atoms. The zero-order valence-corrected chi connectivity index (χ0v) is 7.35. The summed E-state index contributed by atoms with van der Waals surface area (Å²) in [5.74, 6) is 0. The van der Waals surface area contributed by atoms with E-state index in [-0.39, 0.29) is 4.58 Å². The van der Waals surface area contributed by atoms with Crippen LogP contribution >= 0.6 is 25.3 Å². The lowest BCUT2D eigenvalue weighted by atomic mass is 10.2. The monoisotopic (exact) mass is 170 g/mol. The lowest BCUT2D eigenvalue weighted by molar-refractivity contribution is 1.12. The second-order valence-corrected chi connectivity index (χ2v) is 3.82. The maximum atomic E-state index is 4.17. The first-order valence-electron chi connectivity index (χ1n) is 3.19. The van der Waals surface area contributed by atoms with Crippen molar-refractivity contribution < 1.29 is 0 Å². The molecule has 0 aliphatic heterocycles. The van der Waals surface area contributed by atoms with Crippen molar-refractivity contribution in [2.45, 2.75) is 11.0 Å². The van der Waals surface area contributed by atoms with Gasteiger partial charge in [0.2, 0.25) is 0 Å². The highest BCUT2D eigenvalue weighted by atomic mass is 32.2. The van der Waals surface area contributed by atoms with Crippen molar-refractivity contribution in [1.82, 2.24) is 0 Å². The Hall–Kier alpha value is -0.0800. The maximum absolute atomic E-state index is 4.17. The van der Waals surface area contributed by atoms with E-state index < -0.39 is 0 Å². The fourth-order valence-corrected chi connectivity index (χ4v) is 1.25. The molecule has 1 rings (SSSR count). The lowest BCUT2D eigenvalue weighted by Crippen LogP contribution is -1.92. The largest absolute Gasteiger partial charge is 0.165 e. The summed E-state index contributed by atoms with van der Waals surface area (Å²) in [5, 5.41) is 0. The molecule has 0 bridgehead atoms. The summed E-state index contributed by atoms with van der Waals surface area (Å²) in [7, 11) is 0. The number of hydrogen-bond acceptors (Lipinski definition) is 2. The normalized spacial score (nSPS) is 10.3. The topological polar surface area (TPSA) is 0 Å². The van der Waals surface area contributed by atoms with Gasteiger partial charge in [0, 0.05) is 4.58 Å². The molecule has 0 aliphatic rings. The lowest BCUT2D eigenvalue weighted by Gasteiger charge is -2.01. The number of benzene rings is 1. The Bertz CT molecular complexity index is 182. The molecule has 0 fully saturated rings. The molecule has 1 aromatic carbocycles. The van der Waals surface area contributed by atoms with Crippen LogP contribution in [0.4, 0.5) is 0 Å². The number of rotatable bonds is 2. The van der Waals surface area contributed by atoms with E-state index in [9.17, 15) is 0 Å². The molecule has 0 spiro atoms. The Kier molecular flexibility index (Phi) is 3.16. The summed E-state index contributed by atoms with van der Waals surface area (Å²) in [6.45, 7) is 0. The van der Waals surface area contributed by atoms with E-state index in [2.05, 4.69) is 37.4 Å². The molecule has 1 aromatic rings. The van der Waals surface area contributed by atoms with Crippen LogP contribution in [0, 0.1) is 0 Å². The van der Waals surface area contributed by atoms with E-state index in [1.54, 1.807) is 0 Å². The fourth-order valence-electron chi connectivity index (χ4n) is 0.825. The molecule has 0 amide bonds. The summed E-state index contributed by atoms with van der Waals surface area (Å²) >= 11 is 8.35. The third kappa shape index (κ3) is 2.67. The van der Waals surface area contributed by atoms with Crippen molar-refractivity contribution >= 4 is 25.3 Å². The van der Waals surface area contributed by atoms with Gasteiger partial charge in [-0.15, -0.1) is 0 Å².